The zero-order valence-electron chi connectivity index (χ0n) is 12.1. The average molecular weight is 262 g/mol. The fourth-order valence-electron chi connectivity index (χ4n) is 2.37. The van der Waals surface area contributed by atoms with E-state index in [1.807, 2.05) is 26.1 Å². The van der Waals surface area contributed by atoms with E-state index >= 15 is 0 Å². The third kappa shape index (κ3) is 2.68. The molecule has 0 aliphatic heterocycles. The minimum absolute atomic E-state index is 0.218. The molecular formula is C15H22N2O2. The van der Waals surface area contributed by atoms with Crippen molar-refractivity contribution < 1.29 is 9.47 Å². The summed E-state index contributed by atoms with van der Waals surface area (Å²) in [6.07, 6.45) is 4.11. The smallest absolute Gasteiger partial charge is 0.162 e. The molecule has 1 heterocycles. The number of rotatable bonds is 5. The largest absolute Gasteiger partial charge is 0.493 e. The Morgan fingerprint density at radius 2 is 1.84 bits per heavy atom. The van der Waals surface area contributed by atoms with E-state index in [2.05, 4.69) is 10.8 Å². The predicted molar refractivity (Wildman–Crippen MR) is 78.0 cm³/mol. The molecule has 0 aliphatic carbocycles. The first-order valence-corrected chi connectivity index (χ1v) is 6.52. The molecule has 0 fully saturated rings. The van der Waals surface area contributed by atoms with Gasteiger partial charge in [-0.3, -0.25) is 0 Å². The number of hydrogen-bond donors (Lipinski definition) is 1. The molecule has 0 aliphatic rings. The molecular weight excluding hydrogens is 240 g/mol. The van der Waals surface area contributed by atoms with Crippen molar-refractivity contribution >= 4 is 10.9 Å². The molecule has 0 bridgehead atoms. The van der Waals surface area contributed by atoms with Gasteiger partial charge in [0.15, 0.2) is 11.5 Å². The van der Waals surface area contributed by atoms with Gasteiger partial charge in [0.05, 0.1) is 19.7 Å². The second-order valence-corrected chi connectivity index (χ2v) is 5.01. The number of aryl methyl sites for hydroxylation is 2. The number of hydrogen-bond acceptors (Lipinski definition) is 3. The second kappa shape index (κ2) is 5.53. The van der Waals surface area contributed by atoms with Crippen molar-refractivity contribution in [3.05, 3.63) is 23.9 Å². The van der Waals surface area contributed by atoms with Gasteiger partial charge >= 0.3 is 0 Å². The van der Waals surface area contributed by atoms with Crippen LogP contribution in [-0.4, -0.2) is 24.8 Å². The van der Waals surface area contributed by atoms with Crippen molar-refractivity contribution in [2.24, 2.45) is 12.8 Å². The van der Waals surface area contributed by atoms with Crippen LogP contribution in [0.3, 0.4) is 0 Å². The van der Waals surface area contributed by atoms with Crippen LogP contribution in [0.2, 0.25) is 0 Å². The van der Waals surface area contributed by atoms with Crippen LogP contribution in [0.4, 0.5) is 0 Å². The summed E-state index contributed by atoms with van der Waals surface area (Å²) in [5.74, 6) is 1.53. The molecule has 19 heavy (non-hydrogen) atoms. The summed E-state index contributed by atoms with van der Waals surface area (Å²) >= 11 is 0. The zero-order chi connectivity index (χ0) is 14.0. The molecule has 1 unspecified atom stereocenters. The molecule has 2 N–H and O–H groups in total. The summed E-state index contributed by atoms with van der Waals surface area (Å²) in [4.78, 5) is 0. The Hall–Kier alpha value is -1.68. The monoisotopic (exact) mass is 262 g/mol. The highest BCUT2D eigenvalue weighted by Gasteiger charge is 2.12. The molecule has 4 heteroatoms. The Morgan fingerprint density at radius 3 is 2.42 bits per heavy atom. The summed E-state index contributed by atoms with van der Waals surface area (Å²) in [6.45, 7) is 2.04. The Bertz CT molecular complexity index is 573. The Kier molecular flexibility index (Phi) is 4.00. The quantitative estimate of drug-likeness (QED) is 0.900. The average Bonchev–Trinajstić information content (AvgIpc) is 2.71. The van der Waals surface area contributed by atoms with Crippen LogP contribution in [-0.2, 0) is 13.5 Å². The SMILES string of the molecule is COc1cc2c(CCC(C)N)cn(C)c2cc1OC. The standard InChI is InChI=1S/C15H22N2O2/c1-10(16)5-6-11-9-17(2)13-8-15(19-4)14(18-3)7-12(11)13/h7-10H,5-6,16H2,1-4H3. The first-order valence-electron chi connectivity index (χ1n) is 6.52. The Balaban J connectivity index is 2.49. The normalized spacial score (nSPS) is 12.7. The third-order valence-corrected chi connectivity index (χ3v) is 3.45. The van der Waals surface area contributed by atoms with Gasteiger partial charge in [0.1, 0.15) is 0 Å². The molecule has 1 atom stereocenters. The summed E-state index contributed by atoms with van der Waals surface area (Å²) in [5.41, 5.74) is 8.29. The fourth-order valence-corrected chi connectivity index (χ4v) is 2.37. The number of benzene rings is 1. The van der Waals surface area contributed by atoms with Crippen molar-refractivity contribution in [2.45, 2.75) is 25.8 Å². The van der Waals surface area contributed by atoms with E-state index in [4.69, 9.17) is 15.2 Å². The first kappa shape index (κ1) is 13.7. The molecule has 0 radical (unpaired) electrons. The van der Waals surface area contributed by atoms with Crippen LogP contribution >= 0.6 is 0 Å². The van der Waals surface area contributed by atoms with Crippen molar-refractivity contribution in [3.63, 3.8) is 0 Å². The molecule has 0 amide bonds. The minimum atomic E-state index is 0.218. The van der Waals surface area contributed by atoms with Crippen LogP contribution in [0.15, 0.2) is 18.3 Å². The molecule has 4 nitrogen and oxygen atoms in total. The molecule has 2 rings (SSSR count). The van der Waals surface area contributed by atoms with Crippen molar-refractivity contribution in [1.29, 1.82) is 0 Å². The van der Waals surface area contributed by atoms with E-state index in [0.29, 0.717) is 0 Å². The molecule has 0 saturated heterocycles. The summed E-state index contributed by atoms with van der Waals surface area (Å²) in [6, 6.07) is 4.28. The number of ether oxygens (including phenoxy) is 2. The van der Waals surface area contributed by atoms with Crippen LogP contribution in [0, 0.1) is 0 Å². The van der Waals surface area contributed by atoms with Crippen LogP contribution < -0.4 is 15.2 Å². The molecule has 0 spiro atoms. The van der Waals surface area contributed by atoms with Crippen molar-refractivity contribution in [2.75, 3.05) is 14.2 Å². The Labute approximate surface area is 114 Å². The van der Waals surface area contributed by atoms with Crippen molar-refractivity contribution in [3.8, 4) is 11.5 Å². The molecule has 104 valence electrons. The fraction of sp³-hybridized carbons (Fsp3) is 0.467. The minimum Gasteiger partial charge on any atom is -0.493 e. The number of nitrogens with zero attached hydrogens (tertiary/aromatic N) is 1. The third-order valence-electron chi connectivity index (χ3n) is 3.45. The van der Waals surface area contributed by atoms with E-state index in [0.717, 1.165) is 29.9 Å². The van der Waals surface area contributed by atoms with Gasteiger partial charge in [-0.15, -0.1) is 0 Å². The highest BCUT2D eigenvalue weighted by molar-refractivity contribution is 5.87. The highest BCUT2D eigenvalue weighted by Crippen LogP contribution is 2.34. The first-order chi connectivity index (χ1) is 9.06. The predicted octanol–water partition coefficient (Wildman–Crippen LogP) is 2.48. The number of fused-ring (bicyclic) bond motifs is 1. The van der Waals surface area contributed by atoms with Crippen LogP contribution in [0.1, 0.15) is 18.9 Å². The van der Waals surface area contributed by atoms with E-state index in [9.17, 15) is 0 Å². The topological polar surface area (TPSA) is 49.4 Å². The molecule has 1 aromatic carbocycles. The number of aromatic nitrogens is 1. The maximum atomic E-state index is 5.84. The van der Waals surface area contributed by atoms with Crippen LogP contribution in [0.5, 0.6) is 11.5 Å². The highest BCUT2D eigenvalue weighted by atomic mass is 16.5. The lowest BCUT2D eigenvalue weighted by atomic mass is 10.1. The summed E-state index contributed by atoms with van der Waals surface area (Å²) < 4.78 is 12.8. The summed E-state index contributed by atoms with van der Waals surface area (Å²) in [7, 11) is 5.36. The van der Waals surface area contributed by atoms with E-state index in [-0.39, 0.29) is 6.04 Å². The number of methoxy groups -OCH3 is 2. The lowest BCUT2D eigenvalue weighted by Crippen LogP contribution is -2.15. The van der Waals surface area contributed by atoms with E-state index in [1.54, 1.807) is 14.2 Å². The molecule has 0 saturated carbocycles. The van der Waals surface area contributed by atoms with Gasteiger partial charge in [-0.2, -0.15) is 0 Å². The maximum Gasteiger partial charge on any atom is 0.162 e. The van der Waals surface area contributed by atoms with Gasteiger partial charge < -0.3 is 19.8 Å². The lowest BCUT2D eigenvalue weighted by Gasteiger charge is -2.09. The van der Waals surface area contributed by atoms with Crippen LogP contribution in [0.25, 0.3) is 10.9 Å². The van der Waals surface area contributed by atoms with Gasteiger partial charge in [-0.05, 0) is 31.4 Å². The maximum absolute atomic E-state index is 5.84. The van der Waals surface area contributed by atoms with Gasteiger partial charge in [-0.25, -0.2) is 0 Å². The number of nitrogens with two attached hydrogens (primary N) is 1. The van der Waals surface area contributed by atoms with Gasteiger partial charge in [0.25, 0.3) is 0 Å². The van der Waals surface area contributed by atoms with Crippen molar-refractivity contribution in [1.82, 2.24) is 4.57 Å². The second-order valence-electron chi connectivity index (χ2n) is 5.01. The molecule has 2 aromatic rings. The Morgan fingerprint density at radius 1 is 1.21 bits per heavy atom. The summed E-state index contributed by atoms with van der Waals surface area (Å²) in [5, 5.41) is 1.21. The molecule has 1 aromatic heterocycles. The van der Waals surface area contributed by atoms with Gasteiger partial charge in [-0.1, -0.05) is 0 Å². The van der Waals surface area contributed by atoms with Gasteiger partial charge in [0, 0.05) is 30.7 Å². The zero-order valence-corrected chi connectivity index (χ0v) is 12.1. The van der Waals surface area contributed by atoms with E-state index in [1.165, 1.54) is 10.9 Å². The lowest BCUT2D eigenvalue weighted by molar-refractivity contribution is 0.355. The van der Waals surface area contributed by atoms with Gasteiger partial charge in [0.2, 0.25) is 0 Å². The van der Waals surface area contributed by atoms with E-state index < -0.39 is 0 Å².